The molecular formula is C10H5Br2Cl2NO2S2. The van der Waals surface area contributed by atoms with Crippen molar-refractivity contribution in [1.82, 2.24) is 0 Å². The summed E-state index contributed by atoms with van der Waals surface area (Å²) in [6.45, 7) is 0. The van der Waals surface area contributed by atoms with E-state index in [4.69, 9.17) is 23.2 Å². The molecule has 102 valence electrons. The topological polar surface area (TPSA) is 46.2 Å². The van der Waals surface area contributed by atoms with Crippen molar-refractivity contribution in [2.45, 2.75) is 4.21 Å². The van der Waals surface area contributed by atoms with Crippen LogP contribution in [0.25, 0.3) is 0 Å². The van der Waals surface area contributed by atoms with Gasteiger partial charge in [0, 0.05) is 4.47 Å². The molecule has 0 bridgehead atoms. The molecule has 9 heteroatoms. The molecule has 3 nitrogen and oxygen atoms in total. The quantitative estimate of drug-likeness (QED) is 0.661. The van der Waals surface area contributed by atoms with Crippen LogP contribution in [0.1, 0.15) is 0 Å². The first kappa shape index (κ1) is 15.6. The van der Waals surface area contributed by atoms with Crippen molar-refractivity contribution >= 4 is 82.1 Å². The Kier molecular flexibility index (Phi) is 4.85. The molecule has 0 saturated carbocycles. The van der Waals surface area contributed by atoms with E-state index in [1.807, 2.05) is 0 Å². The van der Waals surface area contributed by atoms with E-state index in [0.717, 1.165) is 11.3 Å². The predicted molar refractivity (Wildman–Crippen MR) is 87.0 cm³/mol. The van der Waals surface area contributed by atoms with Crippen molar-refractivity contribution < 1.29 is 8.42 Å². The molecule has 0 aliphatic carbocycles. The van der Waals surface area contributed by atoms with E-state index in [1.54, 1.807) is 18.2 Å². The fourth-order valence-electron chi connectivity index (χ4n) is 1.22. The Morgan fingerprint density at radius 1 is 1.11 bits per heavy atom. The number of sulfonamides is 1. The Balaban J connectivity index is 2.33. The molecule has 1 heterocycles. The lowest BCUT2D eigenvalue weighted by Gasteiger charge is -2.07. The molecule has 0 radical (unpaired) electrons. The van der Waals surface area contributed by atoms with Gasteiger partial charge in [0.1, 0.15) is 4.21 Å². The first-order valence-electron chi connectivity index (χ1n) is 4.72. The van der Waals surface area contributed by atoms with Crippen LogP contribution in [0, 0.1) is 0 Å². The van der Waals surface area contributed by atoms with Crippen molar-refractivity contribution in [3.8, 4) is 0 Å². The average Bonchev–Trinajstić information content (AvgIpc) is 2.65. The maximum absolute atomic E-state index is 12.1. The molecule has 0 spiro atoms. The van der Waals surface area contributed by atoms with Gasteiger partial charge in [0.05, 0.1) is 19.5 Å². The third-order valence-electron chi connectivity index (χ3n) is 2.06. The van der Waals surface area contributed by atoms with Gasteiger partial charge in [-0.25, -0.2) is 8.42 Å². The van der Waals surface area contributed by atoms with Gasteiger partial charge in [-0.2, -0.15) is 0 Å². The number of nitrogens with one attached hydrogen (secondary N) is 1. The van der Waals surface area contributed by atoms with Crippen molar-refractivity contribution in [3.63, 3.8) is 0 Å². The maximum Gasteiger partial charge on any atom is 0.271 e. The lowest BCUT2D eigenvalue weighted by molar-refractivity contribution is 0.603. The highest BCUT2D eigenvalue weighted by Gasteiger charge is 2.19. The molecule has 19 heavy (non-hydrogen) atoms. The molecule has 0 amide bonds. The molecular weight excluding hydrogens is 461 g/mol. The zero-order valence-corrected chi connectivity index (χ0v) is 15.3. The Labute approximate surface area is 141 Å². The molecule has 0 saturated heterocycles. The number of benzene rings is 1. The summed E-state index contributed by atoms with van der Waals surface area (Å²) >= 11 is 19.1. The van der Waals surface area contributed by atoms with Crippen LogP contribution in [0.2, 0.25) is 10.0 Å². The Bertz CT molecular complexity index is 712. The number of anilines is 1. The second kappa shape index (κ2) is 5.91. The van der Waals surface area contributed by atoms with Crippen LogP contribution < -0.4 is 4.72 Å². The number of thiophene rings is 1. The van der Waals surface area contributed by atoms with Crippen LogP contribution in [0.3, 0.4) is 0 Å². The summed E-state index contributed by atoms with van der Waals surface area (Å²) in [5.74, 6) is 0. The van der Waals surface area contributed by atoms with Crippen molar-refractivity contribution in [1.29, 1.82) is 0 Å². The second-order valence-electron chi connectivity index (χ2n) is 3.42. The van der Waals surface area contributed by atoms with Crippen molar-refractivity contribution in [2.75, 3.05) is 4.72 Å². The van der Waals surface area contributed by atoms with Gasteiger partial charge in [0.2, 0.25) is 0 Å². The van der Waals surface area contributed by atoms with E-state index in [0.29, 0.717) is 24.0 Å². The molecule has 0 fully saturated rings. The lowest BCUT2D eigenvalue weighted by Crippen LogP contribution is -2.11. The summed E-state index contributed by atoms with van der Waals surface area (Å²) < 4.78 is 28.0. The zero-order chi connectivity index (χ0) is 14.2. The van der Waals surface area contributed by atoms with Gasteiger partial charge < -0.3 is 0 Å². The molecule has 0 atom stereocenters. The summed E-state index contributed by atoms with van der Waals surface area (Å²) in [5.41, 5.74) is 0.414. The van der Waals surface area contributed by atoms with E-state index in [2.05, 4.69) is 36.6 Å². The monoisotopic (exact) mass is 463 g/mol. The van der Waals surface area contributed by atoms with Gasteiger partial charge in [-0.15, -0.1) is 11.3 Å². The molecule has 2 aromatic rings. The van der Waals surface area contributed by atoms with Crippen LogP contribution in [-0.2, 0) is 10.0 Å². The summed E-state index contributed by atoms with van der Waals surface area (Å²) in [6.07, 6.45) is 0. The third kappa shape index (κ3) is 3.65. The lowest BCUT2D eigenvalue weighted by atomic mass is 10.3. The SMILES string of the molecule is O=S(=O)(Nc1ccc(Cl)c(Br)c1)c1cc(Cl)c(Br)s1. The minimum Gasteiger partial charge on any atom is -0.279 e. The first-order valence-corrected chi connectivity index (χ1v) is 9.36. The Morgan fingerprint density at radius 2 is 1.79 bits per heavy atom. The second-order valence-corrected chi connectivity index (χ2v) is 9.37. The summed E-state index contributed by atoms with van der Waals surface area (Å²) in [7, 11) is -3.65. The summed E-state index contributed by atoms with van der Waals surface area (Å²) in [4.78, 5) is 0. The first-order chi connectivity index (χ1) is 8.79. The van der Waals surface area contributed by atoms with Crippen LogP contribution in [0.5, 0.6) is 0 Å². The highest BCUT2D eigenvalue weighted by atomic mass is 79.9. The van der Waals surface area contributed by atoms with E-state index < -0.39 is 10.0 Å². The van der Waals surface area contributed by atoms with Crippen molar-refractivity contribution in [2.24, 2.45) is 0 Å². The van der Waals surface area contributed by atoms with Gasteiger partial charge in [-0.05, 0) is 56.1 Å². The van der Waals surface area contributed by atoms with E-state index in [1.165, 1.54) is 6.07 Å². The number of rotatable bonds is 3. The molecule has 0 aliphatic heterocycles. The fourth-order valence-corrected chi connectivity index (χ4v) is 5.17. The predicted octanol–water partition coefficient (Wildman–Crippen LogP) is 5.38. The highest BCUT2D eigenvalue weighted by Crippen LogP contribution is 2.35. The van der Waals surface area contributed by atoms with Crippen LogP contribution >= 0.6 is 66.4 Å². The number of hydrogen-bond acceptors (Lipinski definition) is 3. The molecule has 0 unspecified atom stereocenters. The van der Waals surface area contributed by atoms with Gasteiger partial charge in [-0.1, -0.05) is 23.2 Å². The number of halogens is 4. The van der Waals surface area contributed by atoms with E-state index in [9.17, 15) is 8.42 Å². The zero-order valence-electron chi connectivity index (χ0n) is 8.95. The van der Waals surface area contributed by atoms with E-state index >= 15 is 0 Å². The normalized spacial score (nSPS) is 11.6. The van der Waals surface area contributed by atoms with Crippen molar-refractivity contribution in [3.05, 3.63) is 42.6 Å². The number of hydrogen-bond donors (Lipinski definition) is 1. The maximum atomic E-state index is 12.1. The standard InChI is InChI=1S/C10H5Br2Cl2NO2S2/c11-6-3-5(1-2-7(6)13)15-19(16,17)9-4-8(14)10(12)18-9/h1-4,15H. The van der Waals surface area contributed by atoms with E-state index in [-0.39, 0.29) is 4.21 Å². The molecule has 1 aromatic carbocycles. The fraction of sp³-hybridized carbons (Fsp3) is 0. The average molecular weight is 466 g/mol. The van der Waals surface area contributed by atoms with Gasteiger partial charge in [0.15, 0.2) is 0 Å². The van der Waals surface area contributed by atoms with Crippen LogP contribution in [0.15, 0.2) is 36.7 Å². The molecule has 2 rings (SSSR count). The summed E-state index contributed by atoms with van der Waals surface area (Å²) in [5, 5.41) is 0.868. The smallest absolute Gasteiger partial charge is 0.271 e. The highest BCUT2D eigenvalue weighted by molar-refractivity contribution is 9.11. The molecule has 1 aromatic heterocycles. The Hall–Kier alpha value is 0.210. The third-order valence-corrected chi connectivity index (χ3v) is 7.60. The van der Waals surface area contributed by atoms with Gasteiger partial charge in [-0.3, -0.25) is 4.72 Å². The summed E-state index contributed by atoms with van der Waals surface area (Å²) in [6, 6.07) is 6.16. The minimum atomic E-state index is -3.65. The Morgan fingerprint density at radius 3 is 2.32 bits per heavy atom. The minimum absolute atomic E-state index is 0.135. The molecule has 0 aliphatic rings. The largest absolute Gasteiger partial charge is 0.279 e. The molecule has 1 N–H and O–H groups in total. The van der Waals surface area contributed by atoms with Gasteiger partial charge >= 0.3 is 0 Å². The van der Waals surface area contributed by atoms with Crippen LogP contribution in [-0.4, -0.2) is 8.42 Å². The van der Waals surface area contributed by atoms with Gasteiger partial charge in [0.25, 0.3) is 10.0 Å². The van der Waals surface area contributed by atoms with Crippen LogP contribution in [0.4, 0.5) is 5.69 Å².